The summed E-state index contributed by atoms with van der Waals surface area (Å²) in [7, 11) is 0. The van der Waals surface area contributed by atoms with Crippen molar-refractivity contribution in [1.82, 2.24) is 0 Å². The predicted molar refractivity (Wildman–Crippen MR) is 45.7 cm³/mol. The van der Waals surface area contributed by atoms with Crippen molar-refractivity contribution < 1.29 is 14.3 Å². The Hall–Kier alpha value is -1.37. The highest BCUT2D eigenvalue weighted by molar-refractivity contribution is 5.79. The van der Waals surface area contributed by atoms with Crippen LogP contribution in [0.1, 0.15) is 26.7 Å². The molecule has 0 N–H and O–H groups in total. The lowest BCUT2D eigenvalue weighted by molar-refractivity contribution is -0.151. The topological polar surface area (TPSA) is 67.2 Å². The highest BCUT2D eigenvalue weighted by Crippen LogP contribution is 2.23. The number of esters is 1. The molecule has 13 heavy (non-hydrogen) atoms. The molecule has 0 aromatic carbocycles. The molecule has 0 aromatic rings. The van der Waals surface area contributed by atoms with E-state index in [0.717, 1.165) is 0 Å². The lowest BCUT2D eigenvalue weighted by Gasteiger charge is -2.17. The minimum Gasteiger partial charge on any atom is -0.465 e. The molecule has 0 amide bonds. The van der Waals surface area contributed by atoms with Gasteiger partial charge in [-0.1, -0.05) is 0 Å². The third kappa shape index (κ3) is 3.24. The Kier molecular flexibility index (Phi) is 4.75. The largest absolute Gasteiger partial charge is 0.465 e. The molecule has 0 aromatic heterocycles. The van der Waals surface area contributed by atoms with E-state index in [4.69, 9.17) is 10.00 Å². The van der Waals surface area contributed by atoms with Gasteiger partial charge in [0.1, 0.15) is 6.29 Å². The number of carbonyl (C=O) groups is 2. The number of rotatable bonds is 5. The second-order valence-corrected chi connectivity index (χ2v) is 2.87. The van der Waals surface area contributed by atoms with Gasteiger partial charge in [-0.05, 0) is 20.3 Å². The Balaban J connectivity index is 4.35. The normalized spacial score (nSPS) is 13.9. The van der Waals surface area contributed by atoms with Gasteiger partial charge in [0, 0.05) is 6.42 Å². The number of hydrogen-bond donors (Lipinski definition) is 0. The molecule has 4 heteroatoms. The van der Waals surface area contributed by atoms with E-state index in [1.54, 1.807) is 6.92 Å². The second kappa shape index (κ2) is 5.31. The summed E-state index contributed by atoms with van der Waals surface area (Å²) in [6.45, 7) is 3.40. The van der Waals surface area contributed by atoms with Gasteiger partial charge >= 0.3 is 5.97 Å². The summed E-state index contributed by atoms with van der Waals surface area (Å²) < 4.78 is 4.72. The molecular weight excluding hydrogens is 170 g/mol. The number of carbonyl (C=O) groups excluding carboxylic acids is 2. The Bertz CT molecular complexity index is 232. The van der Waals surface area contributed by atoms with Crippen molar-refractivity contribution in [1.29, 1.82) is 5.26 Å². The number of ether oxygens (including phenoxy) is 1. The zero-order valence-corrected chi connectivity index (χ0v) is 7.87. The molecule has 0 saturated carbocycles. The average molecular weight is 183 g/mol. The Labute approximate surface area is 77.5 Å². The van der Waals surface area contributed by atoms with E-state index in [1.807, 2.05) is 6.07 Å². The molecule has 0 unspecified atom stereocenters. The van der Waals surface area contributed by atoms with Crippen molar-refractivity contribution in [2.45, 2.75) is 26.7 Å². The first-order valence-electron chi connectivity index (χ1n) is 4.13. The number of nitrogens with zero attached hydrogens (tertiary/aromatic N) is 1. The highest BCUT2D eigenvalue weighted by atomic mass is 16.5. The van der Waals surface area contributed by atoms with Gasteiger partial charge in [-0.25, -0.2) is 0 Å². The minimum absolute atomic E-state index is 0.197. The van der Waals surface area contributed by atoms with Crippen LogP contribution in [0.2, 0.25) is 0 Å². The van der Waals surface area contributed by atoms with Crippen LogP contribution >= 0.6 is 0 Å². The van der Waals surface area contributed by atoms with Gasteiger partial charge < -0.3 is 9.53 Å². The molecule has 0 saturated heterocycles. The van der Waals surface area contributed by atoms with Crippen LogP contribution in [0.3, 0.4) is 0 Å². The maximum absolute atomic E-state index is 11.2. The maximum Gasteiger partial charge on any atom is 0.326 e. The van der Waals surface area contributed by atoms with E-state index >= 15 is 0 Å². The van der Waals surface area contributed by atoms with Crippen LogP contribution in [0.4, 0.5) is 0 Å². The number of nitriles is 1. The molecule has 0 spiro atoms. The van der Waals surface area contributed by atoms with Crippen LogP contribution in [0.15, 0.2) is 0 Å². The molecule has 0 aliphatic heterocycles. The van der Waals surface area contributed by atoms with Crippen molar-refractivity contribution in [2.75, 3.05) is 6.61 Å². The first-order valence-corrected chi connectivity index (χ1v) is 4.13. The van der Waals surface area contributed by atoms with Crippen LogP contribution in [0, 0.1) is 16.7 Å². The Morgan fingerprint density at radius 1 is 1.69 bits per heavy atom. The lowest BCUT2D eigenvalue weighted by Crippen LogP contribution is -2.28. The van der Waals surface area contributed by atoms with Gasteiger partial charge in [0.15, 0.2) is 5.41 Å². The monoisotopic (exact) mass is 183 g/mol. The van der Waals surface area contributed by atoms with Crippen LogP contribution in [0.25, 0.3) is 0 Å². The van der Waals surface area contributed by atoms with E-state index in [1.165, 1.54) is 6.92 Å². The summed E-state index contributed by atoms with van der Waals surface area (Å²) in [4.78, 5) is 21.3. The maximum atomic E-state index is 11.2. The quantitative estimate of drug-likeness (QED) is 0.472. The van der Waals surface area contributed by atoms with Crippen LogP contribution in [0.5, 0.6) is 0 Å². The van der Waals surface area contributed by atoms with Gasteiger partial charge in [0.2, 0.25) is 0 Å². The predicted octanol–water partition coefficient (Wildman–Crippen LogP) is 1.06. The van der Waals surface area contributed by atoms with Crippen LogP contribution in [-0.4, -0.2) is 18.9 Å². The van der Waals surface area contributed by atoms with Gasteiger partial charge in [-0.15, -0.1) is 0 Å². The van der Waals surface area contributed by atoms with E-state index in [2.05, 4.69) is 0 Å². The summed E-state index contributed by atoms with van der Waals surface area (Å²) >= 11 is 0. The Morgan fingerprint density at radius 3 is 2.69 bits per heavy atom. The average Bonchev–Trinajstić information content (AvgIpc) is 2.14. The Morgan fingerprint density at radius 2 is 2.31 bits per heavy atom. The van der Waals surface area contributed by atoms with Crippen molar-refractivity contribution in [3.8, 4) is 6.07 Å². The smallest absolute Gasteiger partial charge is 0.326 e. The van der Waals surface area contributed by atoms with Crippen molar-refractivity contribution in [3.63, 3.8) is 0 Å². The second-order valence-electron chi connectivity index (χ2n) is 2.87. The summed E-state index contributed by atoms with van der Waals surface area (Å²) in [6.07, 6.45) is 1.10. The lowest BCUT2D eigenvalue weighted by atomic mass is 9.87. The van der Waals surface area contributed by atoms with Crippen molar-refractivity contribution in [2.24, 2.45) is 5.41 Å². The van der Waals surface area contributed by atoms with Crippen LogP contribution in [-0.2, 0) is 14.3 Å². The number of aldehydes is 1. The fourth-order valence-electron chi connectivity index (χ4n) is 0.842. The first kappa shape index (κ1) is 11.6. The SMILES string of the molecule is CCOC(=O)[C@](C)(C#N)CCC=O. The van der Waals surface area contributed by atoms with Gasteiger partial charge in [0.25, 0.3) is 0 Å². The molecule has 0 radical (unpaired) electrons. The van der Waals surface area contributed by atoms with Gasteiger partial charge in [0.05, 0.1) is 12.7 Å². The fraction of sp³-hybridized carbons (Fsp3) is 0.667. The molecule has 1 atom stereocenters. The third-order valence-corrected chi connectivity index (χ3v) is 1.73. The fourth-order valence-corrected chi connectivity index (χ4v) is 0.842. The zero-order valence-electron chi connectivity index (χ0n) is 7.87. The zero-order chi connectivity index (χ0) is 10.3. The molecule has 0 aliphatic carbocycles. The minimum atomic E-state index is -1.18. The summed E-state index contributed by atoms with van der Waals surface area (Å²) in [5.74, 6) is -0.556. The molecule has 0 bridgehead atoms. The molecule has 0 heterocycles. The van der Waals surface area contributed by atoms with E-state index in [0.29, 0.717) is 6.29 Å². The van der Waals surface area contributed by atoms with E-state index in [-0.39, 0.29) is 19.4 Å². The first-order chi connectivity index (χ1) is 6.10. The van der Waals surface area contributed by atoms with Gasteiger partial charge in [-0.3, -0.25) is 4.79 Å². The highest BCUT2D eigenvalue weighted by Gasteiger charge is 2.34. The van der Waals surface area contributed by atoms with Crippen molar-refractivity contribution >= 4 is 12.3 Å². The summed E-state index contributed by atoms with van der Waals surface area (Å²) in [6, 6.07) is 1.86. The van der Waals surface area contributed by atoms with E-state index in [9.17, 15) is 9.59 Å². The van der Waals surface area contributed by atoms with Crippen LogP contribution < -0.4 is 0 Å². The molecule has 72 valence electrons. The molecule has 0 aliphatic rings. The summed E-state index contributed by atoms with van der Waals surface area (Å²) in [5, 5.41) is 8.74. The summed E-state index contributed by atoms with van der Waals surface area (Å²) in [5.41, 5.74) is -1.18. The molecule has 4 nitrogen and oxygen atoms in total. The molecule has 0 fully saturated rings. The van der Waals surface area contributed by atoms with Gasteiger partial charge in [-0.2, -0.15) is 5.26 Å². The third-order valence-electron chi connectivity index (χ3n) is 1.73. The van der Waals surface area contributed by atoms with E-state index < -0.39 is 11.4 Å². The van der Waals surface area contributed by atoms with Crippen molar-refractivity contribution in [3.05, 3.63) is 0 Å². The standard InChI is InChI=1S/C9H13NO3/c1-3-13-8(12)9(2,7-10)5-4-6-11/h6H,3-5H2,1-2H3/t9-/m0/s1. The molecular formula is C9H13NO3. The number of hydrogen-bond acceptors (Lipinski definition) is 4. The molecule has 0 rings (SSSR count).